The van der Waals surface area contributed by atoms with E-state index >= 15 is 4.79 Å². The maximum atomic E-state index is 15.2. The van der Waals surface area contributed by atoms with E-state index in [0.29, 0.717) is 72.6 Å². The van der Waals surface area contributed by atoms with Gasteiger partial charge >= 0.3 is 0 Å². The number of benzene rings is 4. The van der Waals surface area contributed by atoms with Crippen molar-refractivity contribution >= 4 is 23.4 Å². The third-order valence-corrected chi connectivity index (χ3v) is 13.9. The number of nitro benzene ring substituents is 1. The summed E-state index contributed by atoms with van der Waals surface area (Å²) in [6, 6.07) is 22.9. The summed E-state index contributed by atoms with van der Waals surface area (Å²) in [5.41, 5.74) is 3.71. The van der Waals surface area contributed by atoms with Gasteiger partial charge in [0.05, 0.1) is 29.8 Å². The number of carbonyl (C=O) groups excluding carboxylic acids is 1. The number of hydrogen-bond acceptors (Lipinski definition) is 11. The maximum absolute atomic E-state index is 15.2. The zero-order valence-corrected chi connectivity index (χ0v) is 39.2. The van der Waals surface area contributed by atoms with Gasteiger partial charge in [0.1, 0.15) is 35.8 Å². The summed E-state index contributed by atoms with van der Waals surface area (Å²) in [5, 5.41) is 36.4. The zero-order chi connectivity index (χ0) is 49.0. The van der Waals surface area contributed by atoms with E-state index in [9.17, 15) is 29.1 Å². The van der Waals surface area contributed by atoms with Crippen LogP contribution in [0.5, 0.6) is 11.5 Å². The molecule has 1 amide bonds. The van der Waals surface area contributed by atoms with Crippen molar-refractivity contribution in [1.82, 2.24) is 4.90 Å². The van der Waals surface area contributed by atoms with Crippen LogP contribution in [0.15, 0.2) is 127 Å². The average molecular weight is 962 g/mol. The van der Waals surface area contributed by atoms with Gasteiger partial charge in [-0.1, -0.05) is 60.5 Å². The van der Waals surface area contributed by atoms with Gasteiger partial charge < -0.3 is 38.9 Å². The molecule has 0 aromatic heterocycles. The first-order valence-electron chi connectivity index (χ1n) is 24.3. The largest absolute Gasteiger partial charge is 0.489 e. The predicted molar refractivity (Wildman–Crippen MR) is 259 cm³/mol. The first-order chi connectivity index (χ1) is 34.1. The minimum Gasteiger partial charge on any atom is -0.489 e. The van der Waals surface area contributed by atoms with Gasteiger partial charge in [0.15, 0.2) is 0 Å². The highest BCUT2D eigenvalue weighted by Crippen LogP contribution is 2.62. The van der Waals surface area contributed by atoms with Gasteiger partial charge in [-0.3, -0.25) is 14.9 Å². The smallest absolute Gasteiger partial charge is 0.269 e. The molecule has 70 heavy (non-hydrogen) atoms. The summed E-state index contributed by atoms with van der Waals surface area (Å²) in [5.74, 6) is -3.03. The zero-order valence-electron chi connectivity index (χ0n) is 39.2. The number of rotatable bonds is 22. The average Bonchev–Trinajstić information content (AvgIpc) is 3.37. The second-order valence-corrected chi connectivity index (χ2v) is 18.3. The normalized spacial score (nSPS) is 24.2. The molecule has 2 heterocycles. The van der Waals surface area contributed by atoms with Gasteiger partial charge in [-0.25, -0.2) is 8.78 Å². The Morgan fingerprint density at radius 2 is 1.74 bits per heavy atom. The number of ether oxygens (including phenoxy) is 4. The van der Waals surface area contributed by atoms with Crippen LogP contribution < -0.4 is 9.47 Å². The molecule has 0 bridgehead atoms. The van der Waals surface area contributed by atoms with Crippen LogP contribution >= 0.6 is 0 Å². The number of nitro groups is 1. The molecule has 0 spiro atoms. The Morgan fingerprint density at radius 1 is 0.971 bits per heavy atom. The molecule has 2 aliphatic heterocycles. The van der Waals surface area contributed by atoms with Crippen molar-refractivity contribution in [2.75, 3.05) is 26.4 Å². The first-order valence-corrected chi connectivity index (χ1v) is 24.3. The maximum Gasteiger partial charge on any atom is 0.269 e. The van der Waals surface area contributed by atoms with Gasteiger partial charge in [0.25, 0.3) is 5.69 Å². The third-order valence-electron chi connectivity index (χ3n) is 13.9. The molecule has 370 valence electrons. The van der Waals surface area contributed by atoms with Crippen LogP contribution in [-0.4, -0.2) is 76.2 Å². The number of aliphatic hydroxyl groups is 2. The van der Waals surface area contributed by atoms with Crippen molar-refractivity contribution in [1.29, 1.82) is 0 Å². The Hall–Kier alpha value is -6.26. The fourth-order valence-electron chi connectivity index (χ4n) is 10.5. The van der Waals surface area contributed by atoms with Crippen LogP contribution in [0.1, 0.15) is 92.4 Å². The van der Waals surface area contributed by atoms with Crippen LogP contribution in [0, 0.1) is 39.5 Å². The molecule has 2 fully saturated rings. The predicted octanol–water partition coefficient (Wildman–Crippen LogP) is 10.4. The molecule has 15 heteroatoms. The lowest BCUT2D eigenvalue weighted by Crippen LogP contribution is -2.70. The Labute approximate surface area is 407 Å². The number of oxime groups is 1. The molecule has 4 aromatic carbocycles. The highest BCUT2D eigenvalue weighted by atomic mass is 19.1. The van der Waals surface area contributed by atoms with Gasteiger partial charge in [0, 0.05) is 67.9 Å². The fraction of sp³-hybridized carbons (Fsp3) is 0.418. The lowest BCUT2D eigenvalue weighted by atomic mass is 9.55. The number of aliphatic hydroxyl groups excluding tert-OH is 2. The summed E-state index contributed by atoms with van der Waals surface area (Å²) in [7, 11) is 0. The number of carbonyl (C=O) groups is 1. The molecule has 13 nitrogen and oxygen atoms in total. The minimum atomic E-state index is -1.62. The van der Waals surface area contributed by atoms with E-state index < -0.39 is 40.7 Å². The number of non-ortho nitro benzene ring substituents is 1. The van der Waals surface area contributed by atoms with E-state index in [1.54, 1.807) is 65.6 Å². The molecule has 7 atom stereocenters. The third kappa shape index (κ3) is 11.5. The minimum absolute atomic E-state index is 0.00730. The number of unbranched alkanes of at least 4 members (excludes halogenated alkanes) is 2. The standard InChI is InChI=1S/C55H61F2N3O10/c1-2-30-68-55-50(59(35-38-16-21-41(56)22-17-38)51(63)27-20-37-18-23-42(24-19-37)60(64)65)34-48(58-70-52-15-7-10-31-66-52)45-32-39(11-5-8-28-61)44(13-6-9-29-62)53(54(45)55)46-33-43(25-26-49(46)69-55)67-36-40-12-3-4-14-47(40)57/h2-4,12,14,16-27,32-33,39,44,50,52-54,61-62H,1,5-11,13,15,28-31,34-36H2. The fourth-order valence-corrected chi connectivity index (χ4v) is 10.5. The van der Waals surface area contributed by atoms with E-state index in [4.69, 9.17) is 28.9 Å². The van der Waals surface area contributed by atoms with E-state index in [-0.39, 0.29) is 68.7 Å². The molecule has 0 radical (unpaired) electrons. The monoisotopic (exact) mass is 961 g/mol. The SMILES string of the molecule is C=CCOC12Oc3ccc(OCc4ccccc4F)cc3C3C(CCCCO)C(CCCCO)C=C(C(=NOC4CCCCO4)CC1N(Cc1ccc(F)cc1)C(=O)C=Cc1ccc([N+](=O)[O-])cc1)C32. The highest BCUT2D eigenvalue weighted by molar-refractivity contribution is 6.03. The molecule has 2 aliphatic carbocycles. The van der Waals surface area contributed by atoms with Gasteiger partial charge in [-0.2, -0.15) is 0 Å². The Balaban J connectivity index is 1.32. The van der Waals surface area contributed by atoms with E-state index in [1.807, 2.05) is 12.1 Å². The van der Waals surface area contributed by atoms with E-state index in [2.05, 4.69) is 12.7 Å². The molecule has 7 unspecified atom stereocenters. The van der Waals surface area contributed by atoms with Crippen molar-refractivity contribution in [2.45, 2.75) is 101 Å². The van der Waals surface area contributed by atoms with Crippen LogP contribution in [-0.2, 0) is 32.3 Å². The topological polar surface area (TPSA) is 162 Å². The first kappa shape index (κ1) is 50.1. The molecule has 8 rings (SSSR count). The van der Waals surface area contributed by atoms with Crippen molar-refractivity contribution in [3.63, 3.8) is 0 Å². The number of hydrogen-bond donors (Lipinski definition) is 2. The van der Waals surface area contributed by atoms with Crippen LogP contribution in [0.2, 0.25) is 0 Å². The van der Waals surface area contributed by atoms with Gasteiger partial charge in [-0.15, -0.1) is 6.58 Å². The highest BCUT2D eigenvalue weighted by Gasteiger charge is 2.65. The number of halogens is 2. The molecule has 2 N–H and O–H groups in total. The van der Waals surface area contributed by atoms with Crippen molar-refractivity contribution < 1.29 is 52.5 Å². The number of amides is 1. The number of nitrogens with zero attached hydrogens (tertiary/aromatic N) is 3. The second kappa shape index (κ2) is 23.6. The summed E-state index contributed by atoms with van der Waals surface area (Å²) < 4.78 is 56.2. The van der Waals surface area contributed by atoms with Gasteiger partial charge in [-0.05, 0) is 122 Å². The van der Waals surface area contributed by atoms with Gasteiger partial charge in [0.2, 0.25) is 18.0 Å². The summed E-state index contributed by atoms with van der Waals surface area (Å²) in [4.78, 5) is 34.1. The molecule has 1 saturated carbocycles. The summed E-state index contributed by atoms with van der Waals surface area (Å²) in [6.07, 6.45) is 12.9. The molecule has 4 aliphatic rings. The Kier molecular flexibility index (Phi) is 16.9. The van der Waals surface area contributed by atoms with Crippen LogP contribution in [0.25, 0.3) is 6.08 Å². The summed E-state index contributed by atoms with van der Waals surface area (Å²) >= 11 is 0. The Bertz CT molecular complexity index is 2530. The van der Waals surface area contributed by atoms with E-state index in [0.717, 1.165) is 36.8 Å². The number of fused-ring (bicyclic) bond motifs is 2. The molecular formula is C55H61F2N3O10. The van der Waals surface area contributed by atoms with Crippen LogP contribution in [0.3, 0.4) is 0 Å². The van der Waals surface area contributed by atoms with Crippen molar-refractivity contribution in [3.05, 3.63) is 165 Å². The second-order valence-electron chi connectivity index (χ2n) is 18.3. The van der Waals surface area contributed by atoms with Crippen LogP contribution in [0.4, 0.5) is 14.5 Å². The lowest BCUT2D eigenvalue weighted by molar-refractivity contribution is -0.384. The quantitative estimate of drug-likeness (QED) is 0.0255. The summed E-state index contributed by atoms with van der Waals surface area (Å²) in [6.45, 7) is 4.61. The Morgan fingerprint density at radius 3 is 2.46 bits per heavy atom. The number of allylic oxidation sites excluding steroid dienone is 1. The van der Waals surface area contributed by atoms with Crippen molar-refractivity contribution in [3.8, 4) is 11.5 Å². The van der Waals surface area contributed by atoms with E-state index in [1.165, 1.54) is 36.4 Å². The lowest BCUT2D eigenvalue weighted by Gasteiger charge is -2.60. The molecule has 4 aromatic rings. The molecular weight excluding hydrogens is 901 g/mol. The molecule has 1 saturated heterocycles. The van der Waals surface area contributed by atoms with Crippen molar-refractivity contribution in [2.24, 2.45) is 22.9 Å².